The Bertz CT molecular complexity index is 1040. The van der Waals surface area contributed by atoms with Crippen LogP contribution in [0.25, 0.3) is 0 Å². The summed E-state index contributed by atoms with van der Waals surface area (Å²) in [6.07, 6.45) is 13.0. The number of unbranched alkanes of at least 4 members (excludes halogenated alkanes) is 3. The van der Waals surface area contributed by atoms with Crippen molar-refractivity contribution >= 4 is 17.8 Å². The first-order valence-electron chi connectivity index (χ1n) is 14.7. The van der Waals surface area contributed by atoms with E-state index in [-0.39, 0.29) is 29.2 Å². The first-order valence-corrected chi connectivity index (χ1v) is 14.7. The summed E-state index contributed by atoms with van der Waals surface area (Å²) >= 11 is 0. The predicted molar refractivity (Wildman–Crippen MR) is 156 cm³/mol. The quantitative estimate of drug-likeness (QED) is 0.0942. The Morgan fingerprint density at radius 3 is 2.46 bits per heavy atom. The Balaban J connectivity index is 1.71. The largest absolute Gasteiger partial charge is 0.423 e. The highest BCUT2D eigenvalue weighted by molar-refractivity contribution is 5.76. The molecule has 4 N–H and O–H groups in total. The smallest absolute Gasteiger partial charge is 0.308 e. The Morgan fingerprint density at radius 1 is 1.02 bits per heavy atom. The average Bonchev–Trinajstić information content (AvgIpc) is 3.17. The molecule has 1 aliphatic rings. The highest BCUT2D eigenvalue weighted by atomic mass is 16.6. The topological polar surface area (TPSA) is 142 Å². The second-order valence-electron chi connectivity index (χ2n) is 10.7. The maximum Gasteiger partial charge on any atom is 0.308 e. The summed E-state index contributed by atoms with van der Waals surface area (Å²) in [6.45, 7) is 5.06. The van der Waals surface area contributed by atoms with E-state index in [4.69, 9.17) is 9.47 Å². The standard InChI is InChI=1S/C32H47NO8/c1-4-5-8-11-25(36)15-16-27-26(28(37)21-29(27)38)12-9-6-7-10-13-32(39)33-19-18-24-14-17-30(40-22(2)34)31(20-24)41-23(3)35/h6,9,14-17,20,25-29,36-38H,4-5,7-8,10-13,18-19,21H2,1-3H3,(H,33,39)/b9-6-,16-15+/t25?,26-,27-,28+,29-/m1/s1. The van der Waals surface area contributed by atoms with Gasteiger partial charge in [-0.25, -0.2) is 0 Å². The van der Waals surface area contributed by atoms with Gasteiger partial charge in [0.15, 0.2) is 11.5 Å². The lowest BCUT2D eigenvalue weighted by Crippen LogP contribution is -2.25. The fraction of sp³-hybridized carbons (Fsp3) is 0.594. The summed E-state index contributed by atoms with van der Waals surface area (Å²) in [4.78, 5) is 34.9. The van der Waals surface area contributed by atoms with Crippen LogP contribution in [0.3, 0.4) is 0 Å². The fourth-order valence-electron chi connectivity index (χ4n) is 5.03. The van der Waals surface area contributed by atoms with E-state index in [0.717, 1.165) is 31.2 Å². The van der Waals surface area contributed by atoms with Crippen molar-refractivity contribution in [2.45, 2.75) is 103 Å². The zero-order valence-electron chi connectivity index (χ0n) is 24.6. The molecule has 9 nitrogen and oxygen atoms in total. The molecule has 1 saturated carbocycles. The molecule has 0 radical (unpaired) electrons. The molecule has 5 atom stereocenters. The van der Waals surface area contributed by atoms with E-state index in [0.29, 0.717) is 45.1 Å². The van der Waals surface area contributed by atoms with Crippen molar-refractivity contribution in [2.24, 2.45) is 11.8 Å². The molecule has 0 heterocycles. The van der Waals surface area contributed by atoms with E-state index in [1.807, 2.05) is 18.2 Å². The summed E-state index contributed by atoms with van der Waals surface area (Å²) < 4.78 is 10.2. The molecule has 41 heavy (non-hydrogen) atoms. The van der Waals surface area contributed by atoms with Crippen molar-refractivity contribution in [3.05, 3.63) is 48.1 Å². The first-order chi connectivity index (χ1) is 19.6. The van der Waals surface area contributed by atoms with Gasteiger partial charge in [-0.2, -0.15) is 0 Å². The molecule has 0 aliphatic heterocycles. The van der Waals surface area contributed by atoms with Crippen LogP contribution in [0, 0.1) is 11.8 Å². The third-order valence-corrected chi connectivity index (χ3v) is 7.18. The van der Waals surface area contributed by atoms with Crippen LogP contribution in [0.4, 0.5) is 0 Å². The molecule has 9 heteroatoms. The van der Waals surface area contributed by atoms with Crippen molar-refractivity contribution in [1.29, 1.82) is 0 Å². The van der Waals surface area contributed by atoms with E-state index in [1.54, 1.807) is 24.3 Å². The monoisotopic (exact) mass is 573 g/mol. The van der Waals surface area contributed by atoms with Crippen LogP contribution in [0.5, 0.6) is 11.5 Å². The number of amides is 1. The minimum Gasteiger partial charge on any atom is -0.423 e. The number of allylic oxidation sites excluding steroid dienone is 2. The minimum absolute atomic E-state index is 0.0628. The molecule has 1 aromatic rings. The van der Waals surface area contributed by atoms with Crippen molar-refractivity contribution in [1.82, 2.24) is 5.32 Å². The average molecular weight is 574 g/mol. The summed E-state index contributed by atoms with van der Waals surface area (Å²) in [7, 11) is 0. The number of carbonyl (C=O) groups is 3. The SMILES string of the molecule is CCCCCC(O)/C=C/[C@@H]1[C@@H](C/C=C\CCCC(=O)NCCc2ccc(OC(C)=O)c(OC(C)=O)c2)[C@@H](O)C[C@H]1O. The fourth-order valence-corrected chi connectivity index (χ4v) is 5.03. The van der Waals surface area contributed by atoms with Gasteiger partial charge in [-0.1, -0.05) is 56.6 Å². The number of esters is 2. The molecule has 228 valence electrons. The third-order valence-electron chi connectivity index (χ3n) is 7.18. The zero-order valence-corrected chi connectivity index (χ0v) is 24.6. The summed E-state index contributed by atoms with van der Waals surface area (Å²) in [5, 5.41) is 33.9. The number of ether oxygens (including phenoxy) is 2. The lowest BCUT2D eigenvalue weighted by atomic mass is 9.89. The normalized spacial score (nSPS) is 21.3. The summed E-state index contributed by atoms with van der Waals surface area (Å²) in [5.74, 6) is -1.08. The molecule has 1 fully saturated rings. The summed E-state index contributed by atoms with van der Waals surface area (Å²) in [5.41, 5.74) is 0.818. The van der Waals surface area contributed by atoms with Gasteiger partial charge in [0.05, 0.1) is 18.3 Å². The van der Waals surface area contributed by atoms with Gasteiger partial charge in [0.2, 0.25) is 5.91 Å². The van der Waals surface area contributed by atoms with Crippen LogP contribution in [-0.4, -0.2) is 58.0 Å². The van der Waals surface area contributed by atoms with Crippen molar-refractivity contribution in [2.75, 3.05) is 6.54 Å². The van der Waals surface area contributed by atoms with E-state index < -0.39 is 30.3 Å². The maximum absolute atomic E-state index is 12.2. The Hall–Kier alpha value is -3.01. The maximum atomic E-state index is 12.2. The van der Waals surface area contributed by atoms with E-state index in [1.165, 1.54) is 13.8 Å². The van der Waals surface area contributed by atoms with Crippen molar-refractivity contribution in [3.8, 4) is 11.5 Å². The molecule has 1 aromatic carbocycles. The number of aliphatic hydroxyl groups excluding tert-OH is 3. The molecule has 0 spiro atoms. The molecule has 1 amide bonds. The van der Waals surface area contributed by atoms with Gasteiger partial charge in [-0.05, 0) is 55.7 Å². The van der Waals surface area contributed by atoms with Crippen molar-refractivity contribution < 1.29 is 39.2 Å². The van der Waals surface area contributed by atoms with Crippen molar-refractivity contribution in [3.63, 3.8) is 0 Å². The van der Waals surface area contributed by atoms with Crippen LogP contribution in [0.15, 0.2) is 42.5 Å². The number of nitrogens with one attached hydrogen (secondary N) is 1. The van der Waals surface area contributed by atoms with Gasteiger partial charge in [-0.15, -0.1) is 0 Å². The number of carbonyl (C=O) groups excluding carboxylic acids is 3. The van der Waals surface area contributed by atoms with E-state index in [2.05, 4.69) is 12.2 Å². The lowest BCUT2D eigenvalue weighted by Gasteiger charge is -2.19. The van der Waals surface area contributed by atoms with Gasteiger partial charge >= 0.3 is 11.9 Å². The van der Waals surface area contributed by atoms with E-state index >= 15 is 0 Å². The number of hydrogen-bond donors (Lipinski definition) is 4. The van der Waals surface area contributed by atoms with Crippen LogP contribution in [0.1, 0.15) is 84.1 Å². The van der Waals surface area contributed by atoms with Crippen LogP contribution in [0.2, 0.25) is 0 Å². The Morgan fingerprint density at radius 2 is 1.76 bits per heavy atom. The van der Waals surface area contributed by atoms with E-state index in [9.17, 15) is 29.7 Å². The highest BCUT2D eigenvalue weighted by Gasteiger charge is 2.39. The van der Waals surface area contributed by atoms with Crippen LogP contribution < -0.4 is 14.8 Å². The van der Waals surface area contributed by atoms with Gasteiger partial charge in [-0.3, -0.25) is 14.4 Å². The number of hydrogen-bond acceptors (Lipinski definition) is 8. The minimum atomic E-state index is -0.619. The Labute approximate surface area is 243 Å². The molecular formula is C32H47NO8. The molecule has 0 saturated heterocycles. The second-order valence-corrected chi connectivity index (χ2v) is 10.7. The zero-order chi connectivity index (χ0) is 30.2. The number of benzene rings is 1. The lowest BCUT2D eigenvalue weighted by molar-refractivity contribution is -0.134. The first kappa shape index (κ1) is 34.2. The van der Waals surface area contributed by atoms with Crippen LogP contribution in [-0.2, 0) is 20.8 Å². The van der Waals surface area contributed by atoms with Gasteiger partial charge in [0.1, 0.15) is 0 Å². The number of aliphatic hydroxyl groups is 3. The summed E-state index contributed by atoms with van der Waals surface area (Å²) in [6, 6.07) is 4.93. The van der Waals surface area contributed by atoms with Crippen LogP contribution >= 0.6 is 0 Å². The Kier molecular flexibility index (Phi) is 15.4. The molecule has 1 aliphatic carbocycles. The molecule has 0 aromatic heterocycles. The molecular weight excluding hydrogens is 526 g/mol. The number of rotatable bonds is 17. The predicted octanol–water partition coefficient (Wildman–Crippen LogP) is 4.17. The third kappa shape index (κ3) is 13.0. The van der Waals surface area contributed by atoms with Gasteiger partial charge in [0, 0.05) is 39.2 Å². The highest BCUT2D eigenvalue weighted by Crippen LogP contribution is 2.36. The van der Waals surface area contributed by atoms with Gasteiger partial charge < -0.3 is 30.1 Å². The second kappa shape index (κ2) is 18.4. The van der Waals surface area contributed by atoms with Gasteiger partial charge in [0.25, 0.3) is 0 Å². The molecule has 0 bridgehead atoms. The molecule has 2 rings (SSSR count). The molecule has 1 unspecified atom stereocenters.